The predicted octanol–water partition coefficient (Wildman–Crippen LogP) is 4.58. The quantitative estimate of drug-likeness (QED) is 0.597. The van der Waals surface area contributed by atoms with Crippen molar-refractivity contribution in [1.29, 1.82) is 0 Å². The van der Waals surface area contributed by atoms with Gasteiger partial charge in [0.05, 0.1) is 31.0 Å². The van der Waals surface area contributed by atoms with Gasteiger partial charge in [0.1, 0.15) is 5.75 Å². The lowest BCUT2D eigenvalue weighted by Crippen LogP contribution is -2.40. The first kappa shape index (κ1) is 22.8. The zero-order valence-electron chi connectivity index (χ0n) is 17.7. The van der Waals surface area contributed by atoms with Gasteiger partial charge in [-0.05, 0) is 48.8 Å². The van der Waals surface area contributed by atoms with E-state index in [4.69, 9.17) is 33.3 Å². The van der Waals surface area contributed by atoms with E-state index in [-0.39, 0.29) is 0 Å². The number of hydrogen-bond donors (Lipinski definition) is 1. The van der Waals surface area contributed by atoms with Crippen molar-refractivity contribution < 1.29 is 9.47 Å². The molecule has 1 saturated heterocycles. The average Bonchev–Trinajstić information content (AvgIpc) is 2.76. The Morgan fingerprint density at radius 3 is 2.73 bits per heavy atom. The largest absolute Gasteiger partial charge is 0.497 e. The van der Waals surface area contributed by atoms with Gasteiger partial charge in [0.25, 0.3) is 0 Å². The van der Waals surface area contributed by atoms with Gasteiger partial charge in [0, 0.05) is 38.8 Å². The van der Waals surface area contributed by atoms with Crippen molar-refractivity contribution in [3.63, 3.8) is 0 Å². The molecule has 0 saturated carbocycles. The molecule has 2 aromatic rings. The number of morpholine rings is 1. The molecule has 0 radical (unpaired) electrons. The van der Waals surface area contributed by atoms with Gasteiger partial charge in [-0.1, -0.05) is 35.9 Å². The third-order valence-electron chi connectivity index (χ3n) is 5.33. The number of hydrogen-bond acceptors (Lipinski definition) is 4. The third-order valence-corrected chi connectivity index (χ3v) is 6.02. The Morgan fingerprint density at radius 2 is 2.00 bits per heavy atom. The van der Waals surface area contributed by atoms with E-state index < -0.39 is 0 Å². The number of ether oxygens (including phenoxy) is 2. The van der Waals surface area contributed by atoms with Crippen molar-refractivity contribution in [1.82, 2.24) is 9.80 Å². The Morgan fingerprint density at radius 1 is 1.23 bits per heavy atom. The number of benzene rings is 2. The molecule has 1 N–H and O–H groups in total. The number of methoxy groups -OCH3 is 1. The summed E-state index contributed by atoms with van der Waals surface area (Å²) in [5.74, 6) is 0.738. The summed E-state index contributed by atoms with van der Waals surface area (Å²) in [6.45, 7) is 8.43. The lowest BCUT2D eigenvalue weighted by Gasteiger charge is -2.30. The maximum absolute atomic E-state index is 6.38. The normalized spacial score (nSPS) is 14.4. The highest BCUT2D eigenvalue weighted by molar-refractivity contribution is 7.80. The van der Waals surface area contributed by atoms with Crippen molar-refractivity contribution in [3.8, 4) is 5.75 Å². The summed E-state index contributed by atoms with van der Waals surface area (Å²) in [4.78, 5) is 4.67. The van der Waals surface area contributed by atoms with Gasteiger partial charge in [0.15, 0.2) is 5.11 Å². The molecule has 2 aromatic carbocycles. The van der Waals surface area contributed by atoms with Crippen LogP contribution in [-0.2, 0) is 11.3 Å². The molecule has 162 valence electrons. The van der Waals surface area contributed by atoms with Gasteiger partial charge >= 0.3 is 0 Å². The highest BCUT2D eigenvalue weighted by Gasteiger charge is 2.15. The van der Waals surface area contributed by atoms with E-state index in [0.717, 1.165) is 63.8 Å². The fourth-order valence-electron chi connectivity index (χ4n) is 3.48. The van der Waals surface area contributed by atoms with Gasteiger partial charge in [-0.3, -0.25) is 4.90 Å². The fraction of sp³-hybridized carbons (Fsp3) is 0.435. The molecule has 0 aliphatic carbocycles. The smallest absolute Gasteiger partial charge is 0.173 e. The SMILES string of the molecule is COc1ccc(Cl)c(NC(=S)N(CCCN2CCOCC2)Cc2ccccc2C)c1. The molecule has 1 fully saturated rings. The van der Waals surface area contributed by atoms with Gasteiger partial charge in [0.2, 0.25) is 0 Å². The van der Waals surface area contributed by atoms with Gasteiger partial charge in [-0.2, -0.15) is 0 Å². The average molecular weight is 448 g/mol. The van der Waals surface area contributed by atoms with Crippen LogP contribution >= 0.6 is 23.8 Å². The van der Waals surface area contributed by atoms with E-state index in [1.165, 1.54) is 11.1 Å². The Balaban J connectivity index is 1.68. The highest BCUT2D eigenvalue weighted by Crippen LogP contribution is 2.27. The van der Waals surface area contributed by atoms with Crippen molar-refractivity contribution in [2.75, 3.05) is 51.8 Å². The van der Waals surface area contributed by atoms with Crippen LogP contribution < -0.4 is 10.1 Å². The van der Waals surface area contributed by atoms with Crippen LogP contribution in [0.15, 0.2) is 42.5 Å². The number of halogens is 1. The molecule has 0 spiro atoms. The molecular formula is C23H30ClN3O2S. The summed E-state index contributed by atoms with van der Waals surface area (Å²) in [6, 6.07) is 14.0. The van der Waals surface area contributed by atoms with E-state index in [0.29, 0.717) is 10.1 Å². The molecule has 1 heterocycles. The minimum atomic E-state index is 0.613. The Labute approximate surface area is 189 Å². The molecule has 3 rings (SSSR count). The Bertz CT molecular complexity index is 843. The Kier molecular flexibility index (Phi) is 8.75. The molecule has 0 unspecified atom stereocenters. The fourth-order valence-corrected chi connectivity index (χ4v) is 3.91. The summed E-state index contributed by atoms with van der Waals surface area (Å²) in [7, 11) is 1.64. The minimum Gasteiger partial charge on any atom is -0.497 e. The molecule has 0 amide bonds. The van der Waals surface area contributed by atoms with Gasteiger partial charge < -0.3 is 19.7 Å². The van der Waals surface area contributed by atoms with Gasteiger partial charge in [-0.25, -0.2) is 0 Å². The maximum atomic E-state index is 6.38. The van der Waals surface area contributed by atoms with Crippen LogP contribution in [0, 0.1) is 6.92 Å². The number of nitrogens with zero attached hydrogens (tertiary/aromatic N) is 2. The van der Waals surface area contributed by atoms with Crippen LogP contribution in [0.3, 0.4) is 0 Å². The van der Waals surface area contributed by atoms with E-state index >= 15 is 0 Å². The zero-order chi connectivity index (χ0) is 21.3. The zero-order valence-corrected chi connectivity index (χ0v) is 19.3. The molecule has 30 heavy (non-hydrogen) atoms. The van der Waals surface area contributed by atoms with E-state index in [2.05, 4.69) is 46.3 Å². The lowest BCUT2D eigenvalue weighted by atomic mass is 10.1. The molecular weight excluding hydrogens is 418 g/mol. The Hall–Kier alpha value is -1.86. The number of aryl methyl sites for hydroxylation is 1. The van der Waals surface area contributed by atoms with Crippen molar-refractivity contribution >= 4 is 34.6 Å². The van der Waals surface area contributed by atoms with Crippen LogP contribution in [0.1, 0.15) is 17.5 Å². The standard InChI is InChI=1S/C23H30ClN3O2S/c1-18-6-3-4-7-19(18)17-27(11-5-10-26-12-14-29-15-13-26)23(30)25-22-16-20(28-2)8-9-21(22)24/h3-4,6-9,16H,5,10-15,17H2,1-2H3,(H,25,30). The van der Waals surface area contributed by atoms with Crippen molar-refractivity contribution in [3.05, 3.63) is 58.6 Å². The number of nitrogens with one attached hydrogen (secondary N) is 1. The first-order valence-electron chi connectivity index (χ1n) is 10.3. The molecule has 0 atom stereocenters. The molecule has 0 bridgehead atoms. The molecule has 7 heteroatoms. The van der Waals surface area contributed by atoms with Crippen molar-refractivity contribution in [2.24, 2.45) is 0 Å². The van der Waals surface area contributed by atoms with Gasteiger partial charge in [-0.15, -0.1) is 0 Å². The summed E-state index contributed by atoms with van der Waals surface area (Å²) in [5.41, 5.74) is 3.28. The summed E-state index contributed by atoms with van der Waals surface area (Å²) in [5, 5.41) is 4.60. The van der Waals surface area contributed by atoms with Crippen LogP contribution in [0.2, 0.25) is 5.02 Å². The summed E-state index contributed by atoms with van der Waals surface area (Å²) in [6.07, 6.45) is 1.03. The van der Waals surface area contributed by atoms with E-state index in [1.54, 1.807) is 7.11 Å². The number of anilines is 1. The maximum Gasteiger partial charge on any atom is 0.173 e. The first-order valence-corrected chi connectivity index (χ1v) is 11.1. The topological polar surface area (TPSA) is 37.0 Å². The van der Waals surface area contributed by atoms with E-state index in [1.807, 2.05) is 18.2 Å². The number of thiocarbonyl (C=S) groups is 1. The second-order valence-corrected chi connectivity index (χ2v) is 8.23. The van der Waals surface area contributed by atoms with Crippen LogP contribution in [-0.4, -0.2) is 61.4 Å². The van der Waals surface area contributed by atoms with Crippen LogP contribution in [0.4, 0.5) is 5.69 Å². The molecule has 0 aromatic heterocycles. The predicted molar refractivity (Wildman–Crippen MR) is 128 cm³/mol. The van der Waals surface area contributed by atoms with Crippen LogP contribution in [0.25, 0.3) is 0 Å². The second kappa shape index (κ2) is 11.5. The monoisotopic (exact) mass is 447 g/mol. The minimum absolute atomic E-state index is 0.613. The lowest BCUT2D eigenvalue weighted by molar-refractivity contribution is 0.0368. The molecule has 1 aliphatic rings. The highest BCUT2D eigenvalue weighted by atomic mass is 35.5. The summed E-state index contributed by atoms with van der Waals surface area (Å²) < 4.78 is 10.8. The van der Waals surface area contributed by atoms with E-state index in [9.17, 15) is 0 Å². The molecule has 1 aliphatic heterocycles. The summed E-state index contributed by atoms with van der Waals surface area (Å²) >= 11 is 12.2. The molecule has 5 nitrogen and oxygen atoms in total. The van der Waals surface area contributed by atoms with Crippen LogP contribution in [0.5, 0.6) is 5.75 Å². The number of rotatable bonds is 8. The first-order chi connectivity index (χ1) is 14.6. The second-order valence-electron chi connectivity index (χ2n) is 7.43. The third kappa shape index (κ3) is 6.57. The van der Waals surface area contributed by atoms with Crippen molar-refractivity contribution in [2.45, 2.75) is 19.9 Å².